The van der Waals surface area contributed by atoms with E-state index in [0.717, 1.165) is 29.7 Å². The van der Waals surface area contributed by atoms with Crippen molar-refractivity contribution < 1.29 is 23.8 Å². The first-order chi connectivity index (χ1) is 16.8. The number of amides is 1. The Kier molecular flexibility index (Phi) is 7.49. The molecule has 3 aromatic carbocycles. The maximum atomic E-state index is 13.9. The molecule has 0 spiro atoms. The first-order valence-electron chi connectivity index (χ1n) is 11.9. The Bertz CT molecular complexity index is 1200. The highest BCUT2D eigenvalue weighted by Gasteiger charge is 2.35. The number of rotatable bonds is 10. The number of carbonyl (C=O) groups excluding carboxylic acids is 1. The fourth-order valence-electron chi connectivity index (χ4n) is 4.68. The highest BCUT2D eigenvalue weighted by Crippen LogP contribution is 2.37. The Labute approximate surface area is 205 Å². The lowest BCUT2D eigenvalue weighted by Gasteiger charge is -2.24. The van der Waals surface area contributed by atoms with Crippen LogP contribution in [0, 0.1) is 5.82 Å². The third kappa shape index (κ3) is 6.47. The summed E-state index contributed by atoms with van der Waals surface area (Å²) in [5.74, 6) is -0.820. The van der Waals surface area contributed by atoms with Gasteiger partial charge in [-0.2, -0.15) is 0 Å². The second-order valence-electron chi connectivity index (χ2n) is 9.38. The third-order valence-electron chi connectivity index (χ3n) is 6.38. The fourth-order valence-corrected chi connectivity index (χ4v) is 4.68. The highest BCUT2D eigenvalue weighted by molar-refractivity contribution is 5.81. The van der Waals surface area contributed by atoms with E-state index in [2.05, 4.69) is 25.1 Å². The van der Waals surface area contributed by atoms with Crippen LogP contribution in [0.5, 0.6) is 5.75 Å². The molecule has 1 heterocycles. The second kappa shape index (κ2) is 10.7. The zero-order valence-electron chi connectivity index (χ0n) is 19.9. The Balaban J connectivity index is 1.36. The molecular weight excluding hydrogens is 445 g/mol. The standard InChI is InChI=1S/C29H30FNO4/c1-29(18-22-7-3-2-4-8-22)19-24-17-21(11-13-26(24)35-29)12-14-27(32)31(20-28(33)34)16-15-23-9-5-6-10-25(23)30/h2-11,13,17H,12,14-16,18-20H2,1H3,(H,33,34)/t29-/m1/s1. The molecule has 0 saturated heterocycles. The number of nitrogens with zero attached hydrogens (tertiary/aromatic N) is 1. The summed E-state index contributed by atoms with van der Waals surface area (Å²) in [6.45, 7) is 1.87. The number of ether oxygens (including phenoxy) is 1. The van der Waals surface area contributed by atoms with E-state index in [1.54, 1.807) is 18.2 Å². The van der Waals surface area contributed by atoms with Gasteiger partial charge in [0.25, 0.3) is 0 Å². The lowest BCUT2D eigenvalue weighted by molar-refractivity contribution is -0.144. The van der Waals surface area contributed by atoms with Crippen molar-refractivity contribution >= 4 is 11.9 Å². The monoisotopic (exact) mass is 475 g/mol. The minimum atomic E-state index is -1.08. The average Bonchev–Trinajstić information content (AvgIpc) is 3.16. The van der Waals surface area contributed by atoms with E-state index in [4.69, 9.17) is 4.74 Å². The largest absolute Gasteiger partial charge is 0.487 e. The molecule has 1 atom stereocenters. The Morgan fingerprint density at radius 3 is 2.49 bits per heavy atom. The maximum absolute atomic E-state index is 13.9. The fraction of sp³-hybridized carbons (Fsp3) is 0.310. The zero-order valence-corrected chi connectivity index (χ0v) is 19.9. The van der Waals surface area contributed by atoms with Gasteiger partial charge in [-0.1, -0.05) is 60.7 Å². The van der Waals surface area contributed by atoms with E-state index in [0.29, 0.717) is 12.0 Å². The summed E-state index contributed by atoms with van der Waals surface area (Å²) in [6.07, 6.45) is 2.54. The van der Waals surface area contributed by atoms with Gasteiger partial charge in [0.05, 0.1) is 0 Å². The van der Waals surface area contributed by atoms with Gasteiger partial charge in [0.1, 0.15) is 23.7 Å². The maximum Gasteiger partial charge on any atom is 0.323 e. The SMILES string of the molecule is C[C@@]1(Cc2ccccc2)Cc2cc(CCC(=O)N(CCc3ccccc3F)CC(=O)O)ccc2O1. The van der Waals surface area contributed by atoms with E-state index < -0.39 is 12.5 Å². The molecule has 0 saturated carbocycles. The molecule has 0 aromatic heterocycles. The van der Waals surface area contributed by atoms with Crippen LogP contribution in [0.3, 0.4) is 0 Å². The number of aryl methyl sites for hydroxylation is 1. The molecule has 4 rings (SSSR count). The molecule has 3 aromatic rings. The molecule has 35 heavy (non-hydrogen) atoms. The van der Waals surface area contributed by atoms with Crippen molar-refractivity contribution in [3.63, 3.8) is 0 Å². The van der Waals surface area contributed by atoms with Crippen molar-refractivity contribution in [1.29, 1.82) is 0 Å². The van der Waals surface area contributed by atoms with Crippen LogP contribution >= 0.6 is 0 Å². The van der Waals surface area contributed by atoms with Gasteiger partial charge in [-0.05, 0) is 54.2 Å². The first kappa shape index (κ1) is 24.5. The van der Waals surface area contributed by atoms with Crippen molar-refractivity contribution in [3.05, 3.63) is 101 Å². The Hall–Kier alpha value is -3.67. The topological polar surface area (TPSA) is 66.8 Å². The predicted molar refractivity (Wildman–Crippen MR) is 132 cm³/mol. The number of carboxylic acids is 1. The van der Waals surface area contributed by atoms with Crippen LogP contribution in [0.1, 0.15) is 35.6 Å². The molecule has 0 unspecified atom stereocenters. The molecule has 1 N–H and O–H groups in total. The van der Waals surface area contributed by atoms with Gasteiger partial charge in [-0.15, -0.1) is 0 Å². The smallest absolute Gasteiger partial charge is 0.323 e. The number of hydrogen-bond acceptors (Lipinski definition) is 3. The number of carboxylic acid groups (broad SMARTS) is 1. The number of carbonyl (C=O) groups is 2. The highest BCUT2D eigenvalue weighted by atomic mass is 19.1. The van der Waals surface area contributed by atoms with Crippen molar-refractivity contribution in [2.24, 2.45) is 0 Å². The minimum absolute atomic E-state index is 0.155. The van der Waals surface area contributed by atoms with Crippen LogP contribution in [0.2, 0.25) is 0 Å². The summed E-state index contributed by atoms with van der Waals surface area (Å²) in [7, 11) is 0. The number of aliphatic carboxylic acids is 1. The number of benzene rings is 3. The number of fused-ring (bicyclic) bond motifs is 1. The molecular formula is C29H30FNO4. The molecule has 182 valence electrons. The summed E-state index contributed by atoms with van der Waals surface area (Å²) in [5.41, 5.74) is 3.50. The number of halogens is 1. The normalized spacial score (nSPS) is 16.4. The van der Waals surface area contributed by atoms with Crippen molar-refractivity contribution in [1.82, 2.24) is 4.90 Å². The summed E-state index contributed by atoms with van der Waals surface area (Å²) in [6, 6.07) is 22.6. The molecule has 5 nitrogen and oxygen atoms in total. The van der Waals surface area contributed by atoms with Gasteiger partial charge >= 0.3 is 5.97 Å². The van der Waals surface area contributed by atoms with Crippen molar-refractivity contribution in [2.75, 3.05) is 13.1 Å². The lowest BCUT2D eigenvalue weighted by atomic mass is 9.91. The zero-order chi connectivity index (χ0) is 24.8. The Morgan fingerprint density at radius 1 is 1.00 bits per heavy atom. The molecule has 0 bridgehead atoms. The molecule has 6 heteroatoms. The van der Waals surface area contributed by atoms with Crippen molar-refractivity contribution in [2.45, 2.75) is 44.6 Å². The molecule has 1 aliphatic heterocycles. The van der Waals surface area contributed by atoms with Crippen LogP contribution in [0.15, 0.2) is 72.8 Å². The van der Waals surface area contributed by atoms with E-state index >= 15 is 0 Å². The molecule has 0 aliphatic carbocycles. The van der Waals surface area contributed by atoms with Crippen LogP contribution < -0.4 is 4.74 Å². The second-order valence-corrected chi connectivity index (χ2v) is 9.38. The van der Waals surface area contributed by atoms with Crippen molar-refractivity contribution in [3.8, 4) is 5.75 Å². The van der Waals surface area contributed by atoms with Gasteiger partial charge in [0.2, 0.25) is 5.91 Å². The number of hydrogen-bond donors (Lipinski definition) is 1. The van der Waals surface area contributed by atoms with Gasteiger partial charge in [-0.25, -0.2) is 4.39 Å². The lowest BCUT2D eigenvalue weighted by Crippen LogP contribution is -2.37. The molecule has 0 radical (unpaired) electrons. The average molecular weight is 476 g/mol. The first-order valence-corrected chi connectivity index (χ1v) is 11.9. The summed E-state index contributed by atoms with van der Waals surface area (Å²) < 4.78 is 20.2. The predicted octanol–water partition coefficient (Wildman–Crippen LogP) is 4.85. The van der Waals surface area contributed by atoms with E-state index in [1.165, 1.54) is 16.5 Å². The van der Waals surface area contributed by atoms with E-state index in [-0.39, 0.29) is 36.7 Å². The summed E-state index contributed by atoms with van der Waals surface area (Å²) in [4.78, 5) is 25.4. The van der Waals surface area contributed by atoms with Gasteiger partial charge < -0.3 is 14.7 Å². The summed E-state index contributed by atoms with van der Waals surface area (Å²) in [5, 5.41) is 9.25. The van der Waals surface area contributed by atoms with E-state index in [1.807, 2.05) is 30.3 Å². The molecule has 1 aliphatic rings. The van der Waals surface area contributed by atoms with Gasteiger partial charge in [0, 0.05) is 25.8 Å². The Morgan fingerprint density at radius 2 is 1.74 bits per heavy atom. The summed E-state index contributed by atoms with van der Waals surface area (Å²) >= 11 is 0. The van der Waals surface area contributed by atoms with Crippen LogP contribution in [0.25, 0.3) is 0 Å². The molecule has 1 amide bonds. The van der Waals surface area contributed by atoms with Crippen LogP contribution in [0.4, 0.5) is 4.39 Å². The van der Waals surface area contributed by atoms with Crippen LogP contribution in [-0.2, 0) is 35.3 Å². The van der Waals surface area contributed by atoms with Gasteiger partial charge in [-0.3, -0.25) is 9.59 Å². The quantitative estimate of drug-likeness (QED) is 0.455. The van der Waals surface area contributed by atoms with E-state index in [9.17, 15) is 19.1 Å². The molecule has 0 fully saturated rings. The van der Waals surface area contributed by atoms with Crippen LogP contribution in [-0.4, -0.2) is 40.6 Å². The third-order valence-corrected chi connectivity index (χ3v) is 6.38. The minimum Gasteiger partial charge on any atom is -0.487 e. The van der Waals surface area contributed by atoms with Gasteiger partial charge in [0.15, 0.2) is 0 Å².